The highest BCUT2D eigenvalue weighted by Crippen LogP contribution is 2.34. The number of nitrogens with zero attached hydrogens (tertiary/aromatic N) is 1. The predicted molar refractivity (Wildman–Crippen MR) is 106 cm³/mol. The number of carbonyl (C=O) groups excluding carboxylic acids is 3. The van der Waals surface area contributed by atoms with Gasteiger partial charge in [-0.3, -0.25) is 19.3 Å². The standard InChI is InChI=1S/C22H28N2O4/c1-2-28-17-11-9-16(10-12-17)6-5-14-23-20(25)13-15-24-21(26)18-7-3-4-8-19(18)22(24)27/h3-4,9-12,18-19H,2,5-8,13-15H2,1H3,(H,23,25)/t18-,19+. The molecule has 0 unspecified atom stereocenters. The fourth-order valence-corrected chi connectivity index (χ4v) is 3.83. The van der Waals surface area contributed by atoms with Crippen LogP contribution < -0.4 is 10.1 Å². The third-order valence-electron chi connectivity index (χ3n) is 5.36. The highest BCUT2D eigenvalue weighted by Gasteiger charge is 2.46. The lowest BCUT2D eigenvalue weighted by atomic mass is 9.85. The highest BCUT2D eigenvalue weighted by molar-refractivity contribution is 6.05. The highest BCUT2D eigenvalue weighted by atomic mass is 16.5. The molecule has 3 rings (SSSR count). The zero-order chi connectivity index (χ0) is 19.9. The van der Waals surface area contributed by atoms with Gasteiger partial charge in [0.15, 0.2) is 0 Å². The summed E-state index contributed by atoms with van der Waals surface area (Å²) in [6.07, 6.45) is 7.05. The Labute approximate surface area is 165 Å². The minimum Gasteiger partial charge on any atom is -0.494 e. The summed E-state index contributed by atoms with van der Waals surface area (Å²) in [5.41, 5.74) is 1.20. The molecule has 6 heteroatoms. The summed E-state index contributed by atoms with van der Waals surface area (Å²) in [6, 6.07) is 7.97. The lowest BCUT2D eigenvalue weighted by Gasteiger charge is -2.14. The molecule has 0 bridgehead atoms. The normalized spacial score (nSPS) is 21.0. The number of rotatable bonds is 9. The van der Waals surface area contributed by atoms with Gasteiger partial charge < -0.3 is 10.1 Å². The Morgan fingerprint density at radius 1 is 1.11 bits per heavy atom. The third kappa shape index (κ3) is 4.80. The number of benzene rings is 1. The molecule has 1 aliphatic carbocycles. The molecule has 1 aliphatic heterocycles. The van der Waals surface area contributed by atoms with E-state index in [9.17, 15) is 14.4 Å². The van der Waals surface area contributed by atoms with Crippen molar-refractivity contribution >= 4 is 17.7 Å². The molecule has 3 amide bonds. The topological polar surface area (TPSA) is 75.7 Å². The molecule has 1 aromatic rings. The Balaban J connectivity index is 1.35. The van der Waals surface area contributed by atoms with Crippen LogP contribution in [-0.2, 0) is 20.8 Å². The van der Waals surface area contributed by atoms with E-state index in [2.05, 4.69) is 5.32 Å². The molecular formula is C22H28N2O4. The van der Waals surface area contributed by atoms with Crippen LogP contribution in [0.2, 0.25) is 0 Å². The van der Waals surface area contributed by atoms with E-state index >= 15 is 0 Å². The summed E-state index contributed by atoms with van der Waals surface area (Å²) in [5.74, 6) is 0.0381. The third-order valence-corrected chi connectivity index (χ3v) is 5.36. The number of amides is 3. The Kier molecular flexibility index (Phi) is 6.85. The minimum absolute atomic E-state index is 0.123. The SMILES string of the molecule is CCOc1ccc(CCCNC(=O)CCN2C(=O)[C@H]3CC=CC[C@H]3C2=O)cc1. The van der Waals surface area contributed by atoms with Gasteiger partial charge >= 0.3 is 0 Å². The van der Waals surface area contributed by atoms with Crippen molar-refractivity contribution in [2.45, 2.75) is 39.0 Å². The summed E-state index contributed by atoms with van der Waals surface area (Å²) >= 11 is 0. The summed E-state index contributed by atoms with van der Waals surface area (Å²) < 4.78 is 5.42. The van der Waals surface area contributed by atoms with Crippen LogP contribution in [0.5, 0.6) is 5.75 Å². The average Bonchev–Trinajstić information content (AvgIpc) is 2.96. The lowest BCUT2D eigenvalue weighted by molar-refractivity contribution is -0.140. The van der Waals surface area contributed by atoms with E-state index in [1.165, 1.54) is 10.5 Å². The monoisotopic (exact) mass is 384 g/mol. The van der Waals surface area contributed by atoms with Crippen LogP contribution in [0, 0.1) is 11.8 Å². The molecule has 150 valence electrons. The van der Waals surface area contributed by atoms with Crippen molar-refractivity contribution < 1.29 is 19.1 Å². The van der Waals surface area contributed by atoms with Gasteiger partial charge in [0.2, 0.25) is 17.7 Å². The molecule has 1 aromatic carbocycles. The van der Waals surface area contributed by atoms with Crippen molar-refractivity contribution in [1.29, 1.82) is 0 Å². The number of imide groups is 1. The van der Waals surface area contributed by atoms with E-state index in [-0.39, 0.29) is 42.5 Å². The van der Waals surface area contributed by atoms with E-state index < -0.39 is 0 Å². The quantitative estimate of drug-likeness (QED) is 0.403. The molecule has 1 fully saturated rings. The maximum absolute atomic E-state index is 12.4. The first-order chi connectivity index (χ1) is 13.6. The fourth-order valence-electron chi connectivity index (χ4n) is 3.83. The summed E-state index contributed by atoms with van der Waals surface area (Å²) in [7, 11) is 0. The molecule has 1 heterocycles. The van der Waals surface area contributed by atoms with E-state index in [4.69, 9.17) is 4.74 Å². The first-order valence-electron chi connectivity index (χ1n) is 10.1. The second-order valence-electron chi connectivity index (χ2n) is 7.26. The fraction of sp³-hybridized carbons (Fsp3) is 0.500. The molecule has 0 radical (unpaired) electrons. The van der Waals surface area contributed by atoms with Crippen molar-refractivity contribution in [2.24, 2.45) is 11.8 Å². The van der Waals surface area contributed by atoms with Gasteiger partial charge in [-0.15, -0.1) is 0 Å². The van der Waals surface area contributed by atoms with Gasteiger partial charge in [0, 0.05) is 19.5 Å². The van der Waals surface area contributed by atoms with Crippen molar-refractivity contribution in [3.05, 3.63) is 42.0 Å². The van der Waals surface area contributed by atoms with Crippen LogP contribution >= 0.6 is 0 Å². The van der Waals surface area contributed by atoms with Gasteiger partial charge in [0.25, 0.3) is 0 Å². The van der Waals surface area contributed by atoms with Gasteiger partial charge in [-0.2, -0.15) is 0 Å². The zero-order valence-corrected chi connectivity index (χ0v) is 16.4. The summed E-state index contributed by atoms with van der Waals surface area (Å²) in [5, 5.41) is 2.88. The number of hydrogen-bond acceptors (Lipinski definition) is 4. The number of allylic oxidation sites excluding steroid dienone is 2. The van der Waals surface area contributed by atoms with E-state index in [1.807, 2.05) is 43.3 Å². The van der Waals surface area contributed by atoms with Crippen molar-refractivity contribution in [3.63, 3.8) is 0 Å². The van der Waals surface area contributed by atoms with Crippen molar-refractivity contribution in [3.8, 4) is 5.75 Å². The van der Waals surface area contributed by atoms with Crippen LogP contribution in [0.4, 0.5) is 0 Å². The zero-order valence-electron chi connectivity index (χ0n) is 16.4. The van der Waals surface area contributed by atoms with E-state index in [0.29, 0.717) is 26.0 Å². The number of likely N-dealkylation sites (tertiary alicyclic amines) is 1. The first-order valence-corrected chi connectivity index (χ1v) is 10.1. The molecule has 0 aromatic heterocycles. The van der Waals surface area contributed by atoms with Crippen LogP contribution in [0.1, 0.15) is 38.2 Å². The van der Waals surface area contributed by atoms with Crippen LogP contribution in [0.25, 0.3) is 0 Å². The predicted octanol–water partition coefficient (Wildman–Crippen LogP) is 2.48. The minimum atomic E-state index is -0.227. The lowest BCUT2D eigenvalue weighted by Crippen LogP contribution is -2.35. The molecular weight excluding hydrogens is 356 g/mol. The smallest absolute Gasteiger partial charge is 0.233 e. The molecule has 0 spiro atoms. The number of nitrogens with one attached hydrogen (secondary N) is 1. The summed E-state index contributed by atoms with van der Waals surface area (Å²) in [4.78, 5) is 38.1. The maximum Gasteiger partial charge on any atom is 0.233 e. The molecule has 6 nitrogen and oxygen atoms in total. The van der Waals surface area contributed by atoms with Gasteiger partial charge in [0.05, 0.1) is 18.4 Å². The number of fused-ring (bicyclic) bond motifs is 1. The Hall–Kier alpha value is -2.63. The second kappa shape index (κ2) is 9.53. The Morgan fingerprint density at radius 2 is 1.75 bits per heavy atom. The molecule has 0 saturated carbocycles. The van der Waals surface area contributed by atoms with Gasteiger partial charge in [-0.25, -0.2) is 0 Å². The number of hydrogen-bond donors (Lipinski definition) is 1. The number of carbonyl (C=O) groups is 3. The molecule has 1 N–H and O–H groups in total. The van der Waals surface area contributed by atoms with Gasteiger partial charge in [0.1, 0.15) is 5.75 Å². The molecule has 1 saturated heterocycles. The summed E-state index contributed by atoms with van der Waals surface area (Å²) in [6.45, 7) is 3.35. The first kappa shape index (κ1) is 20.1. The van der Waals surface area contributed by atoms with Crippen molar-refractivity contribution in [2.75, 3.05) is 19.7 Å². The maximum atomic E-state index is 12.4. The van der Waals surface area contributed by atoms with Gasteiger partial charge in [-0.1, -0.05) is 24.3 Å². The van der Waals surface area contributed by atoms with E-state index in [1.54, 1.807) is 0 Å². The van der Waals surface area contributed by atoms with Crippen LogP contribution in [-0.4, -0.2) is 42.3 Å². The molecule has 2 atom stereocenters. The molecule has 28 heavy (non-hydrogen) atoms. The van der Waals surface area contributed by atoms with Crippen LogP contribution in [0.15, 0.2) is 36.4 Å². The van der Waals surface area contributed by atoms with Gasteiger partial charge in [-0.05, 0) is 50.3 Å². The average molecular weight is 384 g/mol. The largest absolute Gasteiger partial charge is 0.494 e. The van der Waals surface area contributed by atoms with Crippen LogP contribution in [0.3, 0.4) is 0 Å². The number of aryl methyl sites for hydroxylation is 1. The molecule has 2 aliphatic rings. The number of ether oxygens (including phenoxy) is 1. The second-order valence-corrected chi connectivity index (χ2v) is 7.26. The Bertz CT molecular complexity index is 715. The van der Waals surface area contributed by atoms with Crippen molar-refractivity contribution in [1.82, 2.24) is 10.2 Å². The van der Waals surface area contributed by atoms with E-state index in [0.717, 1.165) is 18.6 Å². The Morgan fingerprint density at radius 3 is 2.36 bits per heavy atom.